The van der Waals surface area contributed by atoms with Crippen LogP contribution in [-0.4, -0.2) is 50.2 Å². The van der Waals surface area contributed by atoms with Crippen LogP contribution >= 0.6 is 0 Å². The lowest BCUT2D eigenvalue weighted by Gasteiger charge is -2.32. The van der Waals surface area contributed by atoms with E-state index in [0.29, 0.717) is 42.7 Å². The Morgan fingerprint density at radius 2 is 1.80 bits per heavy atom. The number of hydrogen-bond acceptors (Lipinski definition) is 4. The normalized spacial score (nSPS) is 14.1. The summed E-state index contributed by atoms with van der Waals surface area (Å²) in [5.41, 5.74) is 0.639. The molecule has 0 aliphatic carbocycles. The van der Waals surface area contributed by atoms with Gasteiger partial charge in [-0.3, -0.25) is 4.79 Å². The molecule has 0 unspecified atom stereocenters. The molecule has 0 aromatic heterocycles. The number of hydrogen-bond donors (Lipinski definition) is 2. The third kappa shape index (κ3) is 6.10. The zero-order valence-electron chi connectivity index (χ0n) is 16.9. The molecule has 0 radical (unpaired) electrons. The molecular weight excluding hydrogens is 389 g/mol. The molecule has 7 nitrogen and oxygen atoms in total. The number of carbonyl (C=O) groups excluding carboxylic acids is 2. The number of para-hydroxylation sites is 2. The number of likely N-dealkylation sites (tertiary alicyclic amines) is 1. The Kier molecular flexibility index (Phi) is 7.48. The maximum atomic E-state index is 12.9. The fourth-order valence-electron chi connectivity index (χ4n) is 3.27. The summed E-state index contributed by atoms with van der Waals surface area (Å²) in [6.07, 6.45) is 1.61. The number of anilines is 1. The van der Waals surface area contributed by atoms with E-state index < -0.39 is 0 Å². The molecular formula is C22H26FN3O4. The minimum atomic E-state index is -0.352. The predicted octanol–water partition coefficient (Wildman–Crippen LogP) is 3.27. The van der Waals surface area contributed by atoms with Crippen molar-refractivity contribution >= 4 is 17.6 Å². The van der Waals surface area contributed by atoms with E-state index >= 15 is 0 Å². The molecule has 8 heteroatoms. The Morgan fingerprint density at radius 1 is 1.10 bits per heavy atom. The van der Waals surface area contributed by atoms with Crippen molar-refractivity contribution in [3.63, 3.8) is 0 Å². The van der Waals surface area contributed by atoms with Gasteiger partial charge < -0.3 is 25.0 Å². The van der Waals surface area contributed by atoms with Crippen LogP contribution in [0.15, 0.2) is 48.5 Å². The largest absolute Gasteiger partial charge is 0.495 e. The van der Waals surface area contributed by atoms with Crippen molar-refractivity contribution in [3.8, 4) is 11.5 Å². The van der Waals surface area contributed by atoms with E-state index in [-0.39, 0.29) is 24.4 Å². The minimum absolute atomic E-state index is 0.119. The van der Waals surface area contributed by atoms with Crippen LogP contribution in [0.2, 0.25) is 0 Å². The summed E-state index contributed by atoms with van der Waals surface area (Å²) in [5, 5.41) is 5.74. The van der Waals surface area contributed by atoms with Crippen LogP contribution in [0.3, 0.4) is 0 Å². The number of urea groups is 1. The van der Waals surface area contributed by atoms with Gasteiger partial charge in [0, 0.05) is 19.6 Å². The zero-order valence-corrected chi connectivity index (χ0v) is 16.9. The van der Waals surface area contributed by atoms with Gasteiger partial charge in [-0.05, 0) is 55.2 Å². The van der Waals surface area contributed by atoms with Crippen LogP contribution in [0, 0.1) is 11.7 Å². The maximum Gasteiger partial charge on any atom is 0.321 e. The summed E-state index contributed by atoms with van der Waals surface area (Å²) < 4.78 is 23.5. The Balaban J connectivity index is 1.36. The van der Waals surface area contributed by atoms with Crippen molar-refractivity contribution in [2.24, 2.45) is 5.92 Å². The van der Waals surface area contributed by atoms with Crippen LogP contribution in [-0.2, 0) is 4.79 Å². The third-order valence-corrected chi connectivity index (χ3v) is 5.02. The number of amides is 3. The quantitative estimate of drug-likeness (QED) is 0.727. The summed E-state index contributed by atoms with van der Waals surface area (Å²) in [6.45, 7) is 1.65. The Hall–Kier alpha value is -3.29. The molecule has 0 atom stereocenters. The van der Waals surface area contributed by atoms with Crippen molar-refractivity contribution in [1.82, 2.24) is 10.2 Å². The molecule has 1 fully saturated rings. The average molecular weight is 415 g/mol. The summed E-state index contributed by atoms with van der Waals surface area (Å²) >= 11 is 0. The smallest absolute Gasteiger partial charge is 0.321 e. The lowest BCUT2D eigenvalue weighted by atomic mass is 9.97. The van der Waals surface area contributed by atoms with Crippen molar-refractivity contribution in [2.75, 3.05) is 38.7 Å². The molecule has 0 spiro atoms. The number of ether oxygens (including phenoxy) is 2. The molecule has 1 aliphatic rings. The number of methoxy groups -OCH3 is 1. The number of piperidine rings is 1. The van der Waals surface area contributed by atoms with Gasteiger partial charge in [-0.25, -0.2) is 9.18 Å². The first-order valence-corrected chi connectivity index (χ1v) is 9.89. The molecule has 160 valence electrons. The zero-order chi connectivity index (χ0) is 21.3. The number of nitrogens with one attached hydrogen (secondary N) is 2. The second-order valence-electron chi connectivity index (χ2n) is 7.11. The molecule has 0 bridgehead atoms. The highest BCUT2D eigenvalue weighted by atomic mass is 19.1. The minimum Gasteiger partial charge on any atom is -0.495 e. The highest BCUT2D eigenvalue weighted by Crippen LogP contribution is 2.24. The highest BCUT2D eigenvalue weighted by Gasteiger charge is 2.23. The first-order valence-electron chi connectivity index (χ1n) is 9.89. The molecule has 3 rings (SSSR count). The second kappa shape index (κ2) is 10.5. The first-order chi connectivity index (χ1) is 14.5. The monoisotopic (exact) mass is 415 g/mol. The third-order valence-electron chi connectivity index (χ3n) is 5.02. The maximum absolute atomic E-state index is 12.9. The van der Waals surface area contributed by atoms with E-state index in [1.807, 2.05) is 12.1 Å². The number of nitrogens with zero attached hydrogens (tertiary/aromatic N) is 1. The summed E-state index contributed by atoms with van der Waals surface area (Å²) in [7, 11) is 1.56. The van der Waals surface area contributed by atoms with Gasteiger partial charge in [0.15, 0.2) is 6.61 Å². The van der Waals surface area contributed by atoms with Crippen molar-refractivity contribution in [2.45, 2.75) is 12.8 Å². The van der Waals surface area contributed by atoms with Gasteiger partial charge in [-0.2, -0.15) is 0 Å². The fourth-order valence-corrected chi connectivity index (χ4v) is 3.27. The molecule has 1 aliphatic heterocycles. The SMILES string of the molecule is COc1ccccc1NC(=O)N1CCC(CNC(=O)COc2ccc(F)cc2)CC1. The van der Waals surface area contributed by atoms with E-state index in [0.717, 1.165) is 12.8 Å². The summed E-state index contributed by atoms with van der Waals surface area (Å²) in [4.78, 5) is 26.2. The van der Waals surface area contributed by atoms with E-state index in [2.05, 4.69) is 10.6 Å². The van der Waals surface area contributed by atoms with Gasteiger partial charge >= 0.3 is 6.03 Å². The van der Waals surface area contributed by atoms with Crippen LogP contribution in [0.5, 0.6) is 11.5 Å². The molecule has 3 amide bonds. The van der Waals surface area contributed by atoms with Gasteiger partial charge in [-0.15, -0.1) is 0 Å². The number of benzene rings is 2. The molecule has 2 aromatic carbocycles. The van der Waals surface area contributed by atoms with Gasteiger partial charge in [0.1, 0.15) is 17.3 Å². The topological polar surface area (TPSA) is 79.9 Å². The number of carbonyl (C=O) groups is 2. The van der Waals surface area contributed by atoms with Crippen molar-refractivity contribution in [3.05, 3.63) is 54.3 Å². The van der Waals surface area contributed by atoms with E-state index in [9.17, 15) is 14.0 Å². The molecule has 2 aromatic rings. The Labute approximate surface area is 175 Å². The second-order valence-corrected chi connectivity index (χ2v) is 7.11. The molecule has 30 heavy (non-hydrogen) atoms. The van der Waals surface area contributed by atoms with Crippen LogP contribution in [0.25, 0.3) is 0 Å². The Bertz CT molecular complexity index is 852. The first kappa shape index (κ1) is 21.4. The van der Waals surface area contributed by atoms with Gasteiger partial charge in [0.25, 0.3) is 5.91 Å². The fraction of sp³-hybridized carbons (Fsp3) is 0.364. The van der Waals surface area contributed by atoms with Crippen molar-refractivity contribution in [1.29, 1.82) is 0 Å². The molecule has 2 N–H and O–H groups in total. The number of halogens is 1. The molecule has 0 saturated carbocycles. The lowest BCUT2D eigenvalue weighted by Crippen LogP contribution is -2.43. The summed E-state index contributed by atoms with van der Waals surface area (Å²) in [6, 6.07) is 12.6. The van der Waals surface area contributed by atoms with Crippen LogP contribution in [0.1, 0.15) is 12.8 Å². The van der Waals surface area contributed by atoms with Crippen LogP contribution in [0.4, 0.5) is 14.9 Å². The highest BCUT2D eigenvalue weighted by molar-refractivity contribution is 5.91. The van der Waals surface area contributed by atoms with E-state index in [4.69, 9.17) is 9.47 Å². The van der Waals surface area contributed by atoms with Gasteiger partial charge in [-0.1, -0.05) is 12.1 Å². The van der Waals surface area contributed by atoms with E-state index in [1.165, 1.54) is 24.3 Å². The Morgan fingerprint density at radius 3 is 2.50 bits per heavy atom. The average Bonchev–Trinajstić information content (AvgIpc) is 2.78. The predicted molar refractivity (Wildman–Crippen MR) is 111 cm³/mol. The van der Waals surface area contributed by atoms with Gasteiger partial charge in [0.2, 0.25) is 0 Å². The molecule has 1 heterocycles. The summed E-state index contributed by atoms with van der Waals surface area (Å²) in [5.74, 6) is 0.785. The lowest BCUT2D eigenvalue weighted by molar-refractivity contribution is -0.123. The van der Waals surface area contributed by atoms with Gasteiger partial charge in [0.05, 0.1) is 12.8 Å². The van der Waals surface area contributed by atoms with Crippen molar-refractivity contribution < 1.29 is 23.5 Å². The molecule has 1 saturated heterocycles. The standard InChI is InChI=1S/C22H26FN3O4/c1-29-20-5-3-2-4-19(20)25-22(28)26-12-10-16(11-13-26)14-24-21(27)15-30-18-8-6-17(23)7-9-18/h2-9,16H,10-15H2,1H3,(H,24,27)(H,25,28). The van der Waals surface area contributed by atoms with Crippen LogP contribution < -0.4 is 20.1 Å². The number of rotatable bonds is 7. The van der Waals surface area contributed by atoms with E-state index in [1.54, 1.807) is 24.1 Å².